The molecule has 0 aromatic carbocycles. The average molecular weight is 228 g/mol. The highest BCUT2D eigenvalue weighted by atomic mass is 16.5. The molecule has 0 aromatic rings. The summed E-state index contributed by atoms with van der Waals surface area (Å²) in [5, 5.41) is 3.44. The lowest BCUT2D eigenvalue weighted by Crippen LogP contribution is -2.44. The summed E-state index contributed by atoms with van der Waals surface area (Å²) in [5.41, 5.74) is 0. The Bertz CT molecular complexity index is 175. The van der Waals surface area contributed by atoms with E-state index in [2.05, 4.69) is 24.1 Å². The van der Waals surface area contributed by atoms with Gasteiger partial charge in [-0.2, -0.15) is 0 Å². The molecular formula is C13H28N2O. The van der Waals surface area contributed by atoms with Crippen LogP contribution >= 0.6 is 0 Å². The molecule has 0 aromatic heterocycles. The van der Waals surface area contributed by atoms with Crippen LogP contribution in [0.15, 0.2) is 0 Å². The first-order chi connectivity index (χ1) is 7.74. The zero-order valence-electron chi connectivity index (χ0n) is 11.2. The molecule has 1 saturated heterocycles. The van der Waals surface area contributed by atoms with Gasteiger partial charge in [-0.3, -0.25) is 4.90 Å². The third kappa shape index (κ3) is 5.28. The van der Waals surface area contributed by atoms with E-state index in [9.17, 15) is 0 Å². The van der Waals surface area contributed by atoms with Crippen molar-refractivity contribution >= 4 is 0 Å². The Balaban J connectivity index is 2.02. The summed E-state index contributed by atoms with van der Waals surface area (Å²) < 4.78 is 5.29. The third-order valence-corrected chi connectivity index (χ3v) is 3.45. The van der Waals surface area contributed by atoms with Gasteiger partial charge in [0.2, 0.25) is 0 Å². The standard InChI is InChI=1S/C13H28N2O/c1-4-16-10-8-14-7-9-15-11-12(2)5-6-13(15)3/h12-14H,4-11H2,1-3H3. The van der Waals surface area contributed by atoms with Crippen molar-refractivity contribution in [2.24, 2.45) is 5.92 Å². The van der Waals surface area contributed by atoms with Crippen LogP contribution < -0.4 is 5.32 Å². The second-order valence-corrected chi connectivity index (χ2v) is 4.97. The van der Waals surface area contributed by atoms with Crippen LogP contribution in [-0.4, -0.2) is 50.3 Å². The molecule has 0 radical (unpaired) electrons. The number of hydrogen-bond acceptors (Lipinski definition) is 3. The Kier molecular flexibility index (Phi) is 7.01. The topological polar surface area (TPSA) is 24.5 Å². The van der Waals surface area contributed by atoms with Gasteiger partial charge in [0.25, 0.3) is 0 Å². The van der Waals surface area contributed by atoms with Crippen LogP contribution in [-0.2, 0) is 4.74 Å². The van der Waals surface area contributed by atoms with Crippen molar-refractivity contribution in [3.8, 4) is 0 Å². The van der Waals surface area contributed by atoms with Gasteiger partial charge in [-0.15, -0.1) is 0 Å². The maximum atomic E-state index is 5.29. The molecule has 3 heteroatoms. The number of likely N-dealkylation sites (tertiary alicyclic amines) is 1. The molecule has 1 heterocycles. The minimum Gasteiger partial charge on any atom is -0.380 e. The molecule has 0 bridgehead atoms. The Labute approximate surface area is 101 Å². The van der Waals surface area contributed by atoms with Crippen molar-refractivity contribution in [3.63, 3.8) is 0 Å². The number of nitrogens with one attached hydrogen (secondary N) is 1. The largest absolute Gasteiger partial charge is 0.380 e. The van der Waals surface area contributed by atoms with Crippen LogP contribution in [0.5, 0.6) is 0 Å². The molecule has 16 heavy (non-hydrogen) atoms. The molecule has 2 atom stereocenters. The van der Waals surface area contributed by atoms with E-state index < -0.39 is 0 Å². The van der Waals surface area contributed by atoms with E-state index in [-0.39, 0.29) is 0 Å². The third-order valence-electron chi connectivity index (χ3n) is 3.45. The lowest BCUT2D eigenvalue weighted by atomic mass is 9.95. The predicted molar refractivity (Wildman–Crippen MR) is 68.8 cm³/mol. The van der Waals surface area contributed by atoms with E-state index in [0.29, 0.717) is 0 Å². The maximum Gasteiger partial charge on any atom is 0.0590 e. The molecule has 1 aliphatic rings. The number of nitrogens with zero attached hydrogens (tertiary/aromatic N) is 1. The number of ether oxygens (including phenoxy) is 1. The molecule has 1 aliphatic heterocycles. The van der Waals surface area contributed by atoms with Crippen molar-refractivity contribution in [3.05, 3.63) is 0 Å². The van der Waals surface area contributed by atoms with Crippen molar-refractivity contribution in [1.29, 1.82) is 0 Å². The van der Waals surface area contributed by atoms with Gasteiger partial charge in [0.1, 0.15) is 0 Å². The Morgan fingerprint density at radius 3 is 2.81 bits per heavy atom. The van der Waals surface area contributed by atoms with E-state index in [1.165, 1.54) is 25.9 Å². The highest BCUT2D eigenvalue weighted by molar-refractivity contribution is 4.77. The molecule has 1 N–H and O–H groups in total. The normalized spacial score (nSPS) is 27.2. The number of piperidine rings is 1. The number of rotatable bonds is 7. The molecule has 96 valence electrons. The first-order valence-electron chi connectivity index (χ1n) is 6.76. The summed E-state index contributed by atoms with van der Waals surface area (Å²) in [6.45, 7) is 12.9. The zero-order chi connectivity index (χ0) is 11.8. The van der Waals surface area contributed by atoms with Crippen LogP contribution in [0.3, 0.4) is 0 Å². The first-order valence-corrected chi connectivity index (χ1v) is 6.76. The van der Waals surface area contributed by atoms with Crippen molar-refractivity contribution in [1.82, 2.24) is 10.2 Å². The maximum absolute atomic E-state index is 5.29. The van der Waals surface area contributed by atoms with Crippen LogP contribution in [0.2, 0.25) is 0 Å². The molecule has 0 amide bonds. The summed E-state index contributed by atoms with van der Waals surface area (Å²) in [6, 6.07) is 0.768. The Morgan fingerprint density at radius 1 is 1.25 bits per heavy atom. The summed E-state index contributed by atoms with van der Waals surface area (Å²) >= 11 is 0. The average Bonchev–Trinajstić information content (AvgIpc) is 2.28. The Hall–Kier alpha value is -0.120. The SMILES string of the molecule is CCOCCNCCN1CC(C)CCC1C. The van der Waals surface area contributed by atoms with Gasteiger partial charge in [-0.25, -0.2) is 0 Å². The summed E-state index contributed by atoms with van der Waals surface area (Å²) in [5.74, 6) is 0.875. The number of hydrogen-bond donors (Lipinski definition) is 1. The minimum atomic E-state index is 0.768. The van der Waals surface area contributed by atoms with E-state index in [1.807, 2.05) is 6.92 Å². The fourth-order valence-corrected chi connectivity index (χ4v) is 2.33. The molecule has 0 aliphatic carbocycles. The highest BCUT2D eigenvalue weighted by Gasteiger charge is 2.21. The second-order valence-electron chi connectivity index (χ2n) is 4.97. The van der Waals surface area contributed by atoms with Gasteiger partial charge < -0.3 is 10.1 Å². The van der Waals surface area contributed by atoms with Crippen molar-refractivity contribution in [2.45, 2.75) is 39.7 Å². The van der Waals surface area contributed by atoms with Gasteiger partial charge in [-0.05, 0) is 32.6 Å². The zero-order valence-corrected chi connectivity index (χ0v) is 11.2. The Morgan fingerprint density at radius 2 is 2.06 bits per heavy atom. The lowest BCUT2D eigenvalue weighted by Gasteiger charge is -2.36. The molecule has 3 nitrogen and oxygen atoms in total. The van der Waals surface area contributed by atoms with Gasteiger partial charge >= 0.3 is 0 Å². The molecule has 0 spiro atoms. The summed E-state index contributed by atoms with van der Waals surface area (Å²) in [7, 11) is 0. The van der Waals surface area contributed by atoms with Crippen LogP contribution in [0.4, 0.5) is 0 Å². The van der Waals surface area contributed by atoms with Gasteiger partial charge in [0.15, 0.2) is 0 Å². The van der Waals surface area contributed by atoms with E-state index in [1.54, 1.807) is 0 Å². The van der Waals surface area contributed by atoms with E-state index >= 15 is 0 Å². The van der Waals surface area contributed by atoms with Crippen molar-refractivity contribution in [2.75, 3.05) is 39.4 Å². The highest BCUT2D eigenvalue weighted by Crippen LogP contribution is 2.20. The summed E-state index contributed by atoms with van der Waals surface area (Å²) in [6.07, 6.45) is 2.76. The fourth-order valence-electron chi connectivity index (χ4n) is 2.33. The second kappa shape index (κ2) is 8.04. The predicted octanol–water partition coefficient (Wildman–Crippen LogP) is 1.73. The van der Waals surface area contributed by atoms with Gasteiger partial charge in [0.05, 0.1) is 6.61 Å². The van der Waals surface area contributed by atoms with Crippen LogP contribution in [0, 0.1) is 5.92 Å². The first kappa shape index (κ1) is 13.9. The molecule has 1 fully saturated rings. The van der Waals surface area contributed by atoms with Crippen molar-refractivity contribution < 1.29 is 4.74 Å². The lowest BCUT2D eigenvalue weighted by molar-refractivity contribution is 0.121. The monoisotopic (exact) mass is 228 g/mol. The van der Waals surface area contributed by atoms with Gasteiger partial charge in [-0.1, -0.05) is 6.92 Å². The molecular weight excluding hydrogens is 200 g/mol. The van der Waals surface area contributed by atoms with E-state index in [0.717, 1.165) is 38.3 Å². The van der Waals surface area contributed by atoms with Crippen LogP contribution in [0.25, 0.3) is 0 Å². The molecule has 0 saturated carbocycles. The molecule has 1 rings (SSSR count). The fraction of sp³-hybridized carbons (Fsp3) is 1.00. The van der Waals surface area contributed by atoms with Crippen LogP contribution in [0.1, 0.15) is 33.6 Å². The molecule has 2 unspecified atom stereocenters. The van der Waals surface area contributed by atoms with E-state index in [4.69, 9.17) is 4.74 Å². The smallest absolute Gasteiger partial charge is 0.0590 e. The van der Waals surface area contributed by atoms with Gasteiger partial charge in [0, 0.05) is 38.8 Å². The quantitative estimate of drug-likeness (QED) is 0.672. The minimum absolute atomic E-state index is 0.768. The summed E-state index contributed by atoms with van der Waals surface area (Å²) in [4.78, 5) is 2.61.